The van der Waals surface area contributed by atoms with Gasteiger partial charge in [-0.2, -0.15) is 0 Å². The summed E-state index contributed by atoms with van der Waals surface area (Å²) in [4.78, 5) is 27.5. The van der Waals surface area contributed by atoms with Gasteiger partial charge in [0, 0.05) is 18.8 Å². The van der Waals surface area contributed by atoms with Crippen LogP contribution in [0.25, 0.3) is 0 Å². The smallest absolute Gasteiger partial charge is 0.242 e. The summed E-state index contributed by atoms with van der Waals surface area (Å²) in [7, 11) is 0. The van der Waals surface area contributed by atoms with Gasteiger partial charge in [0.25, 0.3) is 0 Å². The van der Waals surface area contributed by atoms with Crippen LogP contribution in [0.15, 0.2) is 48.5 Å². The van der Waals surface area contributed by atoms with Crippen LogP contribution in [0, 0.1) is 13.8 Å². The first-order chi connectivity index (χ1) is 14.0. The average Bonchev–Trinajstić information content (AvgIpc) is 2.69. The number of aryl methyl sites for hydroxylation is 2. The number of carbonyl (C=O) groups excluding carboxylic acids is 2. The predicted molar refractivity (Wildman–Crippen MR) is 122 cm³/mol. The second-order valence-electron chi connectivity index (χ2n) is 7.25. The molecule has 1 N–H and O–H groups in total. The van der Waals surface area contributed by atoms with Crippen molar-refractivity contribution >= 4 is 23.6 Å². The molecule has 1 atom stereocenters. The van der Waals surface area contributed by atoms with E-state index >= 15 is 0 Å². The number of carbonyl (C=O) groups is 2. The van der Waals surface area contributed by atoms with Gasteiger partial charge in [0.05, 0.1) is 5.75 Å². The molecule has 0 heterocycles. The van der Waals surface area contributed by atoms with Gasteiger partial charge in [0.1, 0.15) is 6.04 Å². The van der Waals surface area contributed by atoms with Crippen LogP contribution in [0.5, 0.6) is 0 Å². The number of hydrogen-bond acceptors (Lipinski definition) is 3. The molecule has 4 nitrogen and oxygen atoms in total. The highest BCUT2D eigenvalue weighted by Crippen LogP contribution is 2.19. The fourth-order valence-corrected chi connectivity index (χ4v) is 4.31. The van der Waals surface area contributed by atoms with Crippen LogP contribution in [-0.4, -0.2) is 35.1 Å². The zero-order chi connectivity index (χ0) is 21.2. The van der Waals surface area contributed by atoms with E-state index in [1.54, 1.807) is 16.7 Å². The summed E-state index contributed by atoms with van der Waals surface area (Å²) in [5.41, 5.74) is 4.67. The van der Waals surface area contributed by atoms with Crippen molar-refractivity contribution in [1.82, 2.24) is 10.2 Å². The second kappa shape index (κ2) is 11.7. The zero-order valence-electron chi connectivity index (χ0n) is 17.9. The predicted octanol–water partition coefficient (Wildman–Crippen LogP) is 4.48. The number of nitrogens with one attached hydrogen (secondary N) is 1. The van der Waals surface area contributed by atoms with Crippen LogP contribution in [0.1, 0.15) is 42.5 Å². The lowest BCUT2D eigenvalue weighted by Gasteiger charge is -2.30. The maximum atomic E-state index is 13.1. The Morgan fingerprint density at radius 2 is 1.83 bits per heavy atom. The minimum atomic E-state index is -0.456. The van der Waals surface area contributed by atoms with Crippen molar-refractivity contribution in [2.45, 2.75) is 52.5 Å². The quantitative estimate of drug-likeness (QED) is 0.626. The largest absolute Gasteiger partial charge is 0.355 e. The third-order valence-corrected chi connectivity index (χ3v) is 5.88. The Bertz CT molecular complexity index is 822. The van der Waals surface area contributed by atoms with Gasteiger partial charge >= 0.3 is 0 Å². The summed E-state index contributed by atoms with van der Waals surface area (Å²) in [5, 5.41) is 2.88. The molecule has 0 aliphatic heterocycles. The highest BCUT2D eigenvalue weighted by atomic mass is 32.2. The summed E-state index contributed by atoms with van der Waals surface area (Å²) < 4.78 is 0. The molecule has 2 rings (SSSR count). The lowest BCUT2D eigenvalue weighted by atomic mass is 10.1. The molecule has 0 spiro atoms. The Morgan fingerprint density at radius 3 is 2.48 bits per heavy atom. The molecule has 0 aromatic heterocycles. The van der Waals surface area contributed by atoms with Gasteiger partial charge < -0.3 is 10.2 Å². The SMILES string of the molecule is CCNC(=O)[C@H](CC)N(Cc1cccc(C)c1)C(=O)CSCc1ccccc1C. The third-order valence-electron chi connectivity index (χ3n) is 4.92. The van der Waals surface area contributed by atoms with Crippen molar-refractivity contribution in [3.8, 4) is 0 Å². The summed E-state index contributed by atoms with van der Waals surface area (Å²) in [6, 6.07) is 15.9. The molecule has 0 aliphatic rings. The minimum Gasteiger partial charge on any atom is -0.355 e. The third kappa shape index (κ3) is 6.93. The molecule has 0 radical (unpaired) electrons. The minimum absolute atomic E-state index is 0.00296. The van der Waals surface area contributed by atoms with Crippen LogP contribution in [0.3, 0.4) is 0 Å². The number of benzene rings is 2. The molecular weight excluding hydrogens is 380 g/mol. The van der Waals surface area contributed by atoms with Gasteiger partial charge in [-0.05, 0) is 43.9 Å². The van der Waals surface area contributed by atoms with E-state index < -0.39 is 6.04 Å². The van der Waals surface area contributed by atoms with Gasteiger partial charge in [-0.15, -0.1) is 11.8 Å². The standard InChI is InChI=1S/C24H32N2O2S/c1-5-22(24(28)25-6-2)26(15-20-12-9-10-18(3)14-20)23(27)17-29-16-21-13-8-7-11-19(21)4/h7-14,22H,5-6,15-17H2,1-4H3,(H,25,28)/t22-/m0/s1. The summed E-state index contributed by atoms with van der Waals surface area (Å²) in [6.07, 6.45) is 0.589. The Labute approximate surface area is 179 Å². The molecule has 2 aromatic carbocycles. The van der Waals surface area contributed by atoms with Gasteiger partial charge in [0.15, 0.2) is 0 Å². The molecule has 0 unspecified atom stereocenters. The van der Waals surface area contributed by atoms with Crippen molar-refractivity contribution < 1.29 is 9.59 Å². The Kier molecular flexibility index (Phi) is 9.26. The normalized spacial score (nSPS) is 11.7. The molecule has 0 aliphatic carbocycles. The number of likely N-dealkylation sites (N-methyl/N-ethyl adjacent to an activating group) is 1. The van der Waals surface area contributed by atoms with Crippen LogP contribution < -0.4 is 5.32 Å². The van der Waals surface area contributed by atoms with E-state index in [9.17, 15) is 9.59 Å². The van der Waals surface area contributed by atoms with Crippen molar-refractivity contribution in [2.75, 3.05) is 12.3 Å². The van der Waals surface area contributed by atoms with Gasteiger partial charge in [-0.25, -0.2) is 0 Å². The number of rotatable bonds is 10. The maximum absolute atomic E-state index is 13.1. The van der Waals surface area contributed by atoms with Crippen molar-refractivity contribution in [2.24, 2.45) is 0 Å². The highest BCUT2D eigenvalue weighted by molar-refractivity contribution is 7.99. The number of amides is 2. The Hall–Kier alpha value is -2.27. The van der Waals surface area contributed by atoms with E-state index in [1.165, 1.54) is 11.1 Å². The lowest BCUT2D eigenvalue weighted by Crippen LogP contribution is -2.49. The summed E-state index contributed by atoms with van der Waals surface area (Å²) in [6.45, 7) is 8.98. The van der Waals surface area contributed by atoms with Gasteiger partial charge in [-0.1, -0.05) is 61.0 Å². The van der Waals surface area contributed by atoms with E-state index in [2.05, 4.69) is 30.4 Å². The monoisotopic (exact) mass is 412 g/mol. The van der Waals surface area contributed by atoms with Crippen LogP contribution in [0.2, 0.25) is 0 Å². The molecule has 156 valence electrons. The van der Waals surface area contributed by atoms with E-state index in [-0.39, 0.29) is 11.8 Å². The van der Waals surface area contributed by atoms with Crippen LogP contribution in [0.4, 0.5) is 0 Å². The summed E-state index contributed by atoms with van der Waals surface area (Å²) >= 11 is 1.60. The van der Waals surface area contributed by atoms with E-state index in [0.29, 0.717) is 25.3 Å². The van der Waals surface area contributed by atoms with Gasteiger partial charge in [-0.3, -0.25) is 9.59 Å². The number of nitrogens with zero attached hydrogens (tertiary/aromatic N) is 1. The first kappa shape index (κ1) is 23.0. The Balaban J connectivity index is 2.12. The molecule has 0 fully saturated rings. The summed E-state index contributed by atoms with van der Waals surface area (Å²) in [5.74, 6) is 1.06. The molecule has 2 aromatic rings. The highest BCUT2D eigenvalue weighted by Gasteiger charge is 2.28. The fraction of sp³-hybridized carbons (Fsp3) is 0.417. The molecule has 5 heteroatoms. The number of hydrogen-bond donors (Lipinski definition) is 1. The fourth-order valence-electron chi connectivity index (χ4n) is 3.32. The molecule has 0 saturated carbocycles. The topological polar surface area (TPSA) is 49.4 Å². The lowest BCUT2D eigenvalue weighted by molar-refractivity contribution is -0.139. The number of thioether (sulfide) groups is 1. The van der Waals surface area contributed by atoms with Crippen molar-refractivity contribution in [3.63, 3.8) is 0 Å². The van der Waals surface area contributed by atoms with Crippen molar-refractivity contribution in [3.05, 3.63) is 70.8 Å². The van der Waals surface area contributed by atoms with E-state index in [1.807, 2.05) is 51.1 Å². The Morgan fingerprint density at radius 1 is 1.07 bits per heavy atom. The van der Waals surface area contributed by atoms with Crippen LogP contribution in [-0.2, 0) is 21.9 Å². The van der Waals surface area contributed by atoms with E-state index in [4.69, 9.17) is 0 Å². The maximum Gasteiger partial charge on any atom is 0.242 e. The molecule has 29 heavy (non-hydrogen) atoms. The second-order valence-corrected chi connectivity index (χ2v) is 8.23. The zero-order valence-corrected chi connectivity index (χ0v) is 18.7. The van der Waals surface area contributed by atoms with Gasteiger partial charge in [0.2, 0.25) is 11.8 Å². The molecule has 0 saturated heterocycles. The average molecular weight is 413 g/mol. The van der Waals surface area contributed by atoms with Crippen LogP contribution >= 0.6 is 11.8 Å². The molecule has 0 bridgehead atoms. The van der Waals surface area contributed by atoms with Crippen molar-refractivity contribution in [1.29, 1.82) is 0 Å². The molecular formula is C24H32N2O2S. The van der Waals surface area contributed by atoms with E-state index in [0.717, 1.165) is 16.9 Å². The first-order valence-corrected chi connectivity index (χ1v) is 11.4. The first-order valence-electron chi connectivity index (χ1n) is 10.2. The molecule has 2 amide bonds.